The van der Waals surface area contributed by atoms with Crippen LogP contribution in [0.15, 0.2) is 36.9 Å². The molecule has 0 aromatic carbocycles. The zero-order valence-electron chi connectivity index (χ0n) is 14.2. The fourth-order valence-corrected chi connectivity index (χ4v) is 4.17. The minimum absolute atomic E-state index is 0.353. The molecule has 2 aromatic heterocycles. The Morgan fingerprint density at radius 3 is 3.00 bits per heavy atom. The van der Waals surface area contributed by atoms with Crippen LogP contribution in [0.5, 0.6) is 0 Å². The maximum Gasteiger partial charge on any atom is 0.0731 e. The van der Waals surface area contributed by atoms with E-state index in [0.29, 0.717) is 18.1 Å². The van der Waals surface area contributed by atoms with E-state index in [1.165, 1.54) is 12.0 Å². The van der Waals surface area contributed by atoms with Crippen LogP contribution in [-0.4, -0.2) is 63.8 Å². The van der Waals surface area contributed by atoms with E-state index in [-0.39, 0.29) is 0 Å². The van der Waals surface area contributed by atoms with E-state index in [0.717, 1.165) is 38.3 Å². The number of ether oxygens (including phenoxy) is 1. The van der Waals surface area contributed by atoms with Gasteiger partial charge >= 0.3 is 0 Å². The minimum atomic E-state index is 0.353. The Bertz CT molecular complexity index is 639. The SMILES string of the molecule is CN1C[C@H](COCc2cccnc2)CC12CN(Cc1cn[nH]c1)C2. The molecule has 2 fully saturated rings. The van der Waals surface area contributed by atoms with Crippen LogP contribution in [0.3, 0.4) is 0 Å². The van der Waals surface area contributed by atoms with Crippen molar-refractivity contribution in [2.75, 3.05) is 33.3 Å². The van der Waals surface area contributed by atoms with Gasteiger partial charge in [-0.05, 0) is 31.0 Å². The minimum Gasteiger partial charge on any atom is -0.376 e. The number of H-pyrrole nitrogens is 1. The van der Waals surface area contributed by atoms with Crippen molar-refractivity contribution in [3.05, 3.63) is 48.0 Å². The number of rotatable bonds is 6. The molecule has 2 saturated heterocycles. The molecular formula is C18H25N5O. The summed E-state index contributed by atoms with van der Waals surface area (Å²) in [4.78, 5) is 9.17. The maximum atomic E-state index is 5.93. The molecule has 2 aliphatic heterocycles. The van der Waals surface area contributed by atoms with Crippen LogP contribution in [0.25, 0.3) is 0 Å². The molecule has 2 aliphatic rings. The fourth-order valence-electron chi connectivity index (χ4n) is 4.17. The number of nitrogens with zero attached hydrogens (tertiary/aromatic N) is 4. The highest BCUT2D eigenvalue weighted by Crippen LogP contribution is 2.40. The van der Waals surface area contributed by atoms with Gasteiger partial charge in [0.2, 0.25) is 0 Å². The first kappa shape index (κ1) is 15.7. The van der Waals surface area contributed by atoms with E-state index < -0.39 is 0 Å². The Kier molecular flexibility index (Phi) is 4.35. The van der Waals surface area contributed by atoms with Gasteiger partial charge in [-0.3, -0.25) is 19.9 Å². The van der Waals surface area contributed by atoms with Gasteiger partial charge in [0.15, 0.2) is 0 Å². The smallest absolute Gasteiger partial charge is 0.0731 e. The molecule has 0 bridgehead atoms. The van der Waals surface area contributed by atoms with Crippen molar-refractivity contribution in [2.45, 2.75) is 25.1 Å². The van der Waals surface area contributed by atoms with E-state index in [9.17, 15) is 0 Å². The lowest BCUT2D eigenvalue weighted by atomic mass is 9.84. The second-order valence-electron chi connectivity index (χ2n) is 7.30. The third-order valence-electron chi connectivity index (χ3n) is 5.35. The number of hydrogen-bond acceptors (Lipinski definition) is 5. The van der Waals surface area contributed by atoms with Gasteiger partial charge in [-0.1, -0.05) is 6.07 Å². The van der Waals surface area contributed by atoms with E-state index in [1.807, 2.05) is 24.7 Å². The summed E-state index contributed by atoms with van der Waals surface area (Å²) < 4.78 is 5.93. The number of aromatic nitrogens is 3. The number of hydrogen-bond donors (Lipinski definition) is 1. The average Bonchev–Trinajstić information content (AvgIpc) is 3.17. The molecule has 24 heavy (non-hydrogen) atoms. The highest BCUT2D eigenvalue weighted by Gasteiger charge is 2.51. The molecule has 6 nitrogen and oxygen atoms in total. The summed E-state index contributed by atoms with van der Waals surface area (Å²) in [5.41, 5.74) is 2.77. The van der Waals surface area contributed by atoms with E-state index in [4.69, 9.17) is 4.74 Å². The molecule has 0 saturated carbocycles. The second-order valence-corrected chi connectivity index (χ2v) is 7.30. The van der Waals surface area contributed by atoms with Crippen molar-refractivity contribution in [3.63, 3.8) is 0 Å². The van der Waals surface area contributed by atoms with Gasteiger partial charge in [-0.15, -0.1) is 0 Å². The fraction of sp³-hybridized carbons (Fsp3) is 0.556. The standard InChI is InChI=1S/C18H25N5O/c1-22-9-16(12-24-11-15-3-2-4-19-6-15)5-18(22)13-23(14-18)10-17-7-20-21-8-17/h2-4,6-8,16H,5,9-14H2,1H3,(H,20,21)/t16-/m1/s1. The van der Waals surface area contributed by atoms with Crippen molar-refractivity contribution in [2.24, 2.45) is 5.92 Å². The average molecular weight is 327 g/mol. The van der Waals surface area contributed by atoms with Gasteiger partial charge in [0.1, 0.15) is 0 Å². The molecule has 2 aromatic rings. The maximum absolute atomic E-state index is 5.93. The highest BCUT2D eigenvalue weighted by atomic mass is 16.5. The van der Waals surface area contributed by atoms with Crippen LogP contribution < -0.4 is 0 Å². The predicted molar refractivity (Wildman–Crippen MR) is 91.2 cm³/mol. The molecule has 128 valence electrons. The van der Waals surface area contributed by atoms with Crippen molar-refractivity contribution in [1.29, 1.82) is 0 Å². The van der Waals surface area contributed by atoms with E-state index >= 15 is 0 Å². The Balaban J connectivity index is 1.23. The van der Waals surface area contributed by atoms with E-state index in [1.54, 1.807) is 6.20 Å². The van der Waals surface area contributed by atoms with Crippen LogP contribution in [0, 0.1) is 5.92 Å². The van der Waals surface area contributed by atoms with Gasteiger partial charge in [0.05, 0.1) is 19.4 Å². The highest BCUT2D eigenvalue weighted by molar-refractivity contribution is 5.12. The third-order valence-corrected chi connectivity index (χ3v) is 5.35. The summed E-state index contributed by atoms with van der Waals surface area (Å²) in [6.45, 7) is 5.92. The van der Waals surface area contributed by atoms with Crippen molar-refractivity contribution in [1.82, 2.24) is 25.0 Å². The molecule has 4 heterocycles. The zero-order valence-corrected chi connectivity index (χ0v) is 14.2. The molecule has 1 N–H and O–H groups in total. The lowest BCUT2D eigenvalue weighted by Gasteiger charge is -2.52. The topological polar surface area (TPSA) is 57.3 Å². The van der Waals surface area contributed by atoms with Gasteiger partial charge in [-0.2, -0.15) is 5.10 Å². The molecule has 0 radical (unpaired) electrons. The van der Waals surface area contributed by atoms with E-state index in [2.05, 4.69) is 38.1 Å². The van der Waals surface area contributed by atoms with Crippen LogP contribution in [0.1, 0.15) is 17.5 Å². The van der Waals surface area contributed by atoms with Crippen LogP contribution in [0.4, 0.5) is 0 Å². The first-order valence-corrected chi connectivity index (χ1v) is 8.61. The zero-order chi connectivity index (χ0) is 16.4. The number of likely N-dealkylation sites (tertiary alicyclic amines) is 2. The van der Waals surface area contributed by atoms with Crippen LogP contribution in [-0.2, 0) is 17.9 Å². The molecular weight excluding hydrogens is 302 g/mol. The van der Waals surface area contributed by atoms with Crippen LogP contribution in [0.2, 0.25) is 0 Å². The number of nitrogens with one attached hydrogen (secondary N) is 1. The number of pyridine rings is 1. The lowest BCUT2D eigenvalue weighted by Crippen LogP contribution is -2.66. The first-order valence-electron chi connectivity index (χ1n) is 8.61. The molecule has 1 spiro atoms. The first-order chi connectivity index (χ1) is 11.7. The van der Waals surface area contributed by atoms with Crippen LogP contribution >= 0.6 is 0 Å². The largest absolute Gasteiger partial charge is 0.376 e. The van der Waals surface area contributed by atoms with Gasteiger partial charge < -0.3 is 4.74 Å². The summed E-state index contributed by atoms with van der Waals surface area (Å²) in [5, 5.41) is 6.91. The molecule has 0 unspecified atom stereocenters. The Hall–Kier alpha value is -1.76. The third kappa shape index (κ3) is 3.22. The quantitative estimate of drug-likeness (QED) is 0.872. The number of aromatic amines is 1. The molecule has 6 heteroatoms. The van der Waals surface area contributed by atoms with Gasteiger partial charge in [0.25, 0.3) is 0 Å². The Labute approximate surface area is 142 Å². The van der Waals surface area contributed by atoms with Gasteiger partial charge in [0, 0.05) is 55.9 Å². The molecule has 1 atom stereocenters. The second kappa shape index (κ2) is 6.63. The summed E-state index contributed by atoms with van der Waals surface area (Å²) in [5.74, 6) is 0.628. The molecule has 0 amide bonds. The van der Waals surface area contributed by atoms with Crippen molar-refractivity contribution >= 4 is 0 Å². The summed E-state index contributed by atoms with van der Waals surface area (Å²) in [6.07, 6.45) is 8.81. The van der Waals surface area contributed by atoms with Gasteiger partial charge in [-0.25, -0.2) is 0 Å². The normalized spacial score (nSPS) is 23.6. The summed E-state index contributed by atoms with van der Waals surface area (Å²) in [6, 6.07) is 4.02. The summed E-state index contributed by atoms with van der Waals surface area (Å²) in [7, 11) is 2.26. The Morgan fingerprint density at radius 2 is 2.25 bits per heavy atom. The molecule has 0 aliphatic carbocycles. The monoisotopic (exact) mass is 327 g/mol. The van der Waals surface area contributed by atoms with Crippen molar-refractivity contribution in [3.8, 4) is 0 Å². The number of likely N-dealkylation sites (N-methyl/N-ethyl adjacent to an activating group) is 1. The van der Waals surface area contributed by atoms with Crippen molar-refractivity contribution < 1.29 is 4.74 Å². The summed E-state index contributed by atoms with van der Waals surface area (Å²) >= 11 is 0. The predicted octanol–water partition coefficient (Wildman–Crippen LogP) is 1.53. The molecule has 4 rings (SSSR count). The Morgan fingerprint density at radius 1 is 1.33 bits per heavy atom. The lowest BCUT2D eigenvalue weighted by molar-refractivity contribution is -0.0226.